The molecule has 0 bridgehead atoms. The average Bonchev–Trinajstić information content (AvgIpc) is 2.73. The Balaban J connectivity index is 2.59. The summed E-state index contributed by atoms with van der Waals surface area (Å²) in [5.41, 5.74) is 9.14. The first-order valence-electron chi connectivity index (χ1n) is 5.81. The highest BCUT2D eigenvalue weighted by Gasteiger charge is 2.26. The molecule has 0 spiro atoms. The summed E-state index contributed by atoms with van der Waals surface area (Å²) in [6.07, 6.45) is 4.56. The first-order chi connectivity index (χ1) is 8.06. The molecule has 90 valence electrons. The molecule has 0 saturated heterocycles. The Morgan fingerprint density at radius 1 is 1.29 bits per heavy atom. The van der Waals surface area contributed by atoms with Gasteiger partial charge in [0.05, 0.1) is 5.69 Å². The molecule has 0 aliphatic carbocycles. The zero-order valence-corrected chi connectivity index (χ0v) is 10.5. The van der Waals surface area contributed by atoms with Crippen LogP contribution in [0, 0.1) is 0 Å². The van der Waals surface area contributed by atoms with Crippen LogP contribution in [0.25, 0.3) is 11.1 Å². The SMILES string of the molecule is CCC(C)(C)c1[nH]nc(N)c1-c1ccncc1. The van der Waals surface area contributed by atoms with Crippen molar-refractivity contribution in [1.82, 2.24) is 15.2 Å². The summed E-state index contributed by atoms with van der Waals surface area (Å²) in [5, 5.41) is 7.21. The van der Waals surface area contributed by atoms with E-state index >= 15 is 0 Å². The van der Waals surface area contributed by atoms with Gasteiger partial charge in [0.25, 0.3) is 0 Å². The third kappa shape index (κ3) is 2.02. The van der Waals surface area contributed by atoms with Crippen LogP contribution in [0.2, 0.25) is 0 Å². The first kappa shape index (κ1) is 11.6. The molecule has 0 atom stereocenters. The van der Waals surface area contributed by atoms with Gasteiger partial charge < -0.3 is 5.73 Å². The molecule has 0 aromatic carbocycles. The first-order valence-corrected chi connectivity index (χ1v) is 5.81. The van der Waals surface area contributed by atoms with Gasteiger partial charge in [0.1, 0.15) is 0 Å². The summed E-state index contributed by atoms with van der Waals surface area (Å²) >= 11 is 0. The van der Waals surface area contributed by atoms with Gasteiger partial charge in [-0.15, -0.1) is 0 Å². The van der Waals surface area contributed by atoms with Gasteiger partial charge >= 0.3 is 0 Å². The van der Waals surface area contributed by atoms with Crippen LogP contribution >= 0.6 is 0 Å². The number of hydrogen-bond donors (Lipinski definition) is 2. The second-order valence-electron chi connectivity index (χ2n) is 4.83. The fourth-order valence-corrected chi connectivity index (χ4v) is 1.83. The highest BCUT2D eigenvalue weighted by Crippen LogP contribution is 2.36. The van der Waals surface area contributed by atoms with Gasteiger partial charge in [-0.2, -0.15) is 5.10 Å². The summed E-state index contributed by atoms with van der Waals surface area (Å²) in [6, 6.07) is 3.91. The molecular formula is C13H18N4. The molecule has 0 amide bonds. The van der Waals surface area contributed by atoms with Gasteiger partial charge in [-0.3, -0.25) is 10.1 Å². The van der Waals surface area contributed by atoms with E-state index in [1.807, 2.05) is 12.1 Å². The van der Waals surface area contributed by atoms with E-state index in [2.05, 4.69) is 36.0 Å². The lowest BCUT2D eigenvalue weighted by atomic mass is 9.83. The van der Waals surface area contributed by atoms with Crippen LogP contribution < -0.4 is 5.73 Å². The number of hydrogen-bond acceptors (Lipinski definition) is 3. The van der Waals surface area contributed by atoms with Crippen molar-refractivity contribution in [2.75, 3.05) is 5.73 Å². The van der Waals surface area contributed by atoms with Crippen LogP contribution in [0.3, 0.4) is 0 Å². The molecule has 4 nitrogen and oxygen atoms in total. The van der Waals surface area contributed by atoms with Crippen molar-refractivity contribution in [3.05, 3.63) is 30.2 Å². The normalized spacial score (nSPS) is 11.7. The van der Waals surface area contributed by atoms with Crippen LogP contribution in [0.4, 0.5) is 5.82 Å². The van der Waals surface area contributed by atoms with Gasteiger partial charge in [-0.25, -0.2) is 0 Å². The highest BCUT2D eigenvalue weighted by molar-refractivity contribution is 5.76. The third-order valence-corrected chi connectivity index (χ3v) is 3.32. The minimum atomic E-state index is 0.0310. The zero-order chi connectivity index (χ0) is 12.5. The molecule has 2 aromatic rings. The Hall–Kier alpha value is -1.84. The standard InChI is InChI=1S/C13H18N4/c1-4-13(2,3)11-10(12(14)17-16-11)9-5-7-15-8-6-9/h5-8H,4H2,1-3H3,(H3,14,16,17). The Labute approximate surface area is 101 Å². The van der Waals surface area contributed by atoms with Gasteiger partial charge in [0, 0.05) is 23.4 Å². The second kappa shape index (κ2) is 4.20. The molecule has 17 heavy (non-hydrogen) atoms. The fourth-order valence-electron chi connectivity index (χ4n) is 1.83. The van der Waals surface area contributed by atoms with Crippen molar-refractivity contribution >= 4 is 5.82 Å². The number of nitrogens with zero attached hydrogens (tertiary/aromatic N) is 2. The van der Waals surface area contributed by atoms with E-state index in [1.165, 1.54) is 0 Å². The molecule has 0 radical (unpaired) electrons. The van der Waals surface area contributed by atoms with Gasteiger partial charge in [0.2, 0.25) is 0 Å². The van der Waals surface area contributed by atoms with Gasteiger partial charge in [-0.05, 0) is 24.1 Å². The average molecular weight is 230 g/mol. The van der Waals surface area contributed by atoms with E-state index in [4.69, 9.17) is 5.73 Å². The largest absolute Gasteiger partial charge is 0.382 e. The van der Waals surface area contributed by atoms with Gasteiger partial charge in [0.15, 0.2) is 5.82 Å². The molecule has 4 heteroatoms. The monoisotopic (exact) mass is 230 g/mol. The smallest absolute Gasteiger partial charge is 0.153 e. The minimum absolute atomic E-state index is 0.0310. The Morgan fingerprint density at radius 3 is 2.53 bits per heavy atom. The molecule has 0 saturated carbocycles. The quantitative estimate of drug-likeness (QED) is 0.852. The van der Waals surface area contributed by atoms with Crippen molar-refractivity contribution in [3.8, 4) is 11.1 Å². The molecule has 0 aliphatic heterocycles. The van der Waals surface area contributed by atoms with Crippen LogP contribution in [0.15, 0.2) is 24.5 Å². The molecule has 2 aromatic heterocycles. The maximum absolute atomic E-state index is 5.96. The number of pyridine rings is 1. The number of anilines is 1. The number of aromatic amines is 1. The molecule has 3 N–H and O–H groups in total. The van der Waals surface area contributed by atoms with E-state index in [1.54, 1.807) is 12.4 Å². The number of nitrogen functional groups attached to an aromatic ring is 1. The lowest BCUT2D eigenvalue weighted by Gasteiger charge is -2.22. The zero-order valence-electron chi connectivity index (χ0n) is 10.5. The summed E-state index contributed by atoms with van der Waals surface area (Å²) in [6.45, 7) is 6.53. The van der Waals surface area contributed by atoms with Crippen molar-refractivity contribution < 1.29 is 0 Å². The summed E-state index contributed by atoms with van der Waals surface area (Å²) in [7, 11) is 0. The van der Waals surface area contributed by atoms with Crippen LogP contribution in [0.1, 0.15) is 32.9 Å². The molecular weight excluding hydrogens is 212 g/mol. The van der Waals surface area contributed by atoms with Crippen molar-refractivity contribution in [2.45, 2.75) is 32.6 Å². The molecule has 0 aliphatic rings. The van der Waals surface area contributed by atoms with Crippen molar-refractivity contribution in [1.29, 1.82) is 0 Å². The summed E-state index contributed by atoms with van der Waals surface area (Å²) in [4.78, 5) is 4.03. The fraction of sp³-hybridized carbons (Fsp3) is 0.385. The molecule has 2 heterocycles. The molecule has 2 rings (SSSR count). The highest BCUT2D eigenvalue weighted by atomic mass is 15.2. The number of aromatic nitrogens is 3. The number of H-pyrrole nitrogens is 1. The maximum atomic E-state index is 5.96. The number of rotatable bonds is 3. The van der Waals surface area contributed by atoms with Crippen LogP contribution in [-0.4, -0.2) is 15.2 Å². The van der Waals surface area contributed by atoms with Crippen LogP contribution in [-0.2, 0) is 5.41 Å². The van der Waals surface area contributed by atoms with Crippen molar-refractivity contribution in [2.24, 2.45) is 0 Å². The van der Waals surface area contributed by atoms with E-state index in [9.17, 15) is 0 Å². The second-order valence-corrected chi connectivity index (χ2v) is 4.83. The summed E-state index contributed by atoms with van der Waals surface area (Å²) < 4.78 is 0. The Bertz CT molecular complexity index is 499. The van der Waals surface area contributed by atoms with E-state index in [0.29, 0.717) is 5.82 Å². The Morgan fingerprint density at radius 2 is 1.94 bits per heavy atom. The predicted molar refractivity (Wildman–Crippen MR) is 69.5 cm³/mol. The maximum Gasteiger partial charge on any atom is 0.153 e. The summed E-state index contributed by atoms with van der Waals surface area (Å²) in [5.74, 6) is 0.549. The van der Waals surface area contributed by atoms with E-state index < -0.39 is 0 Å². The van der Waals surface area contributed by atoms with E-state index in [0.717, 1.165) is 23.2 Å². The lowest BCUT2D eigenvalue weighted by molar-refractivity contribution is 0.490. The lowest BCUT2D eigenvalue weighted by Crippen LogP contribution is -2.17. The van der Waals surface area contributed by atoms with Crippen molar-refractivity contribution in [3.63, 3.8) is 0 Å². The third-order valence-electron chi connectivity index (χ3n) is 3.32. The van der Waals surface area contributed by atoms with Gasteiger partial charge in [-0.1, -0.05) is 20.8 Å². The predicted octanol–water partition coefficient (Wildman–Crippen LogP) is 2.74. The van der Waals surface area contributed by atoms with Crippen LogP contribution in [0.5, 0.6) is 0 Å². The minimum Gasteiger partial charge on any atom is -0.382 e. The number of nitrogens with two attached hydrogens (primary N) is 1. The molecule has 0 unspecified atom stereocenters. The topological polar surface area (TPSA) is 67.6 Å². The Kier molecular flexibility index (Phi) is 2.88. The van der Waals surface area contributed by atoms with E-state index in [-0.39, 0.29) is 5.41 Å². The molecule has 0 fully saturated rings. The number of nitrogens with one attached hydrogen (secondary N) is 1.